The van der Waals surface area contributed by atoms with Crippen LogP contribution >= 0.6 is 11.8 Å². The van der Waals surface area contributed by atoms with Crippen molar-refractivity contribution in [3.8, 4) is 0 Å². The van der Waals surface area contributed by atoms with E-state index in [1.807, 2.05) is 84.9 Å². The molecule has 0 aromatic heterocycles. The third-order valence-corrected chi connectivity index (χ3v) is 12.1. The van der Waals surface area contributed by atoms with Crippen LogP contribution in [0.3, 0.4) is 0 Å². The molecule has 3 aromatic carbocycles. The van der Waals surface area contributed by atoms with E-state index < -0.39 is 28.7 Å². The molecule has 0 saturated carbocycles. The highest BCUT2D eigenvalue weighted by atomic mass is 32.2. The highest BCUT2D eigenvalue weighted by Crippen LogP contribution is 2.69. The van der Waals surface area contributed by atoms with E-state index in [0.717, 1.165) is 36.3 Å². The lowest BCUT2D eigenvalue weighted by molar-refractivity contribution is -0.142. The maximum Gasteiger partial charge on any atom is 0.248 e. The fourth-order valence-corrected chi connectivity index (χ4v) is 10.3. The van der Waals surface area contributed by atoms with Crippen LogP contribution in [0.2, 0.25) is 0 Å². The van der Waals surface area contributed by atoms with Gasteiger partial charge in [0.15, 0.2) is 0 Å². The van der Waals surface area contributed by atoms with Gasteiger partial charge >= 0.3 is 0 Å². The predicted molar refractivity (Wildman–Crippen MR) is 179 cm³/mol. The van der Waals surface area contributed by atoms with Crippen molar-refractivity contribution in [1.82, 2.24) is 10.2 Å². The van der Waals surface area contributed by atoms with Gasteiger partial charge in [-0.25, -0.2) is 0 Å². The minimum atomic E-state index is -0.869. The summed E-state index contributed by atoms with van der Waals surface area (Å²) < 4.78 is -0.802. The van der Waals surface area contributed by atoms with Crippen LogP contribution in [0.1, 0.15) is 44.4 Å². The Bertz CT molecular complexity index is 1520. The van der Waals surface area contributed by atoms with E-state index in [1.54, 1.807) is 16.7 Å². The topological polar surface area (TPSA) is 102 Å². The Labute approximate surface area is 269 Å². The van der Waals surface area contributed by atoms with Gasteiger partial charge in [0.1, 0.15) is 6.04 Å². The average Bonchev–Trinajstić information content (AvgIpc) is 3.66. The first-order valence-corrected chi connectivity index (χ1v) is 16.8. The van der Waals surface area contributed by atoms with E-state index in [1.165, 1.54) is 0 Å². The molecule has 3 fully saturated rings. The monoisotopic (exact) mass is 626 g/mol. The van der Waals surface area contributed by atoms with E-state index in [2.05, 4.69) is 36.3 Å². The second kappa shape index (κ2) is 12.9. The van der Waals surface area contributed by atoms with Crippen molar-refractivity contribution in [2.75, 3.05) is 29.9 Å². The lowest BCUT2D eigenvalue weighted by Gasteiger charge is -2.40. The standard InChI is InChI=1S/C36H42N4O4S/c1-4-39(5-2)27-18-16-26(17-19-27)38-34(43)32-36-23(3)20-29(45-36)30(33(42)37-21-24-12-8-6-9-13-24)31(36)35(44)40(32)28(22-41)25-14-10-7-11-15-25/h6-19,23,28-32,41H,4-5,20-22H2,1-3H3,(H,37,42)(H,38,43)/t23?,28-,29-,30+,31+,32?,36?/m1/s1. The summed E-state index contributed by atoms with van der Waals surface area (Å²) in [6.45, 7) is 8.11. The van der Waals surface area contributed by atoms with Gasteiger partial charge in [-0.15, -0.1) is 11.8 Å². The zero-order chi connectivity index (χ0) is 31.7. The number of carbonyl (C=O) groups is 3. The Hall–Kier alpha value is -3.82. The summed E-state index contributed by atoms with van der Waals surface area (Å²) in [5, 5.41) is 16.9. The molecule has 3 aliphatic rings. The maximum atomic E-state index is 14.7. The molecule has 45 heavy (non-hydrogen) atoms. The van der Waals surface area contributed by atoms with Gasteiger partial charge in [-0.05, 0) is 61.6 Å². The SMILES string of the molecule is CCN(CC)c1ccc(NC(=O)C2N([C@H](CO)c3ccccc3)C(=O)[C@@H]3[C@@H](C(=O)NCc4ccccc4)[C@H]4CC(C)C23S4)cc1. The van der Waals surface area contributed by atoms with Crippen LogP contribution in [0, 0.1) is 17.8 Å². The van der Waals surface area contributed by atoms with Crippen LogP contribution in [0.25, 0.3) is 0 Å². The van der Waals surface area contributed by atoms with E-state index in [-0.39, 0.29) is 35.5 Å². The summed E-state index contributed by atoms with van der Waals surface area (Å²) in [5.41, 5.74) is 3.45. The Kier molecular flexibility index (Phi) is 8.93. The number of amides is 3. The van der Waals surface area contributed by atoms with Crippen LogP contribution < -0.4 is 15.5 Å². The van der Waals surface area contributed by atoms with E-state index >= 15 is 0 Å². The van der Waals surface area contributed by atoms with Gasteiger partial charge < -0.3 is 25.5 Å². The molecule has 0 radical (unpaired) electrons. The highest BCUT2D eigenvalue weighted by molar-refractivity contribution is 8.02. The number of anilines is 2. The second-order valence-corrected chi connectivity index (χ2v) is 13.9. The molecular formula is C36H42N4O4S. The fraction of sp³-hybridized carbons (Fsp3) is 0.417. The van der Waals surface area contributed by atoms with Crippen molar-refractivity contribution in [1.29, 1.82) is 0 Å². The molecule has 3 unspecified atom stereocenters. The number of nitrogens with zero attached hydrogens (tertiary/aromatic N) is 2. The van der Waals surface area contributed by atoms with Crippen molar-refractivity contribution >= 4 is 40.9 Å². The number of nitrogens with one attached hydrogen (secondary N) is 2. The lowest BCUT2D eigenvalue weighted by Crippen LogP contribution is -2.55. The summed E-state index contributed by atoms with van der Waals surface area (Å²) in [5.74, 6) is -1.91. The summed E-state index contributed by atoms with van der Waals surface area (Å²) in [4.78, 5) is 46.9. The third-order valence-electron chi connectivity index (χ3n) is 10.0. The van der Waals surface area contributed by atoms with Crippen LogP contribution in [-0.4, -0.2) is 63.5 Å². The molecule has 8 nitrogen and oxygen atoms in total. The molecule has 0 aliphatic carbocycles. The number of rotatable bonds is 11. The molecule has 7 atom stereocenters. The fourth-order valence-electron chi connectivity index (χ4n) is 7.88. The quantitative estimate of drug-likeness (QED) is 0.281. The van der Waals surface area contributed by atoms with Crippen molar-refractivity contribution in [2.45, 2.75) is 55.8 Å². The molecule has 1 spiro atoms. The maximum absolute atomic E-state index is 14.7. The number of hydrogen-bond acceptors (Lipinski definition) is 6. The van der Waals surface area contributed by atoms with Gasteiger partial charge in [0, 0.05) is 36.3 Å². The number of likely N-dealkylation sites (tertiary alicyclic amines) is 1. The Morgan fingerprint density at radius 3 is 2.24 bits per heavy atom. The first kappa shape index (κ1) is 31.2. The van der Waals surface area contributed by atoms with Gasteiger partial charge in [0.05, 0.1) is 29.2 Å². The van der Waals surface area contributed by atoms with Gasteiger partial charge in [0.25, 0.3) is 0 Å². The highest BCUT2D eigenvalue weighted by Gasteiger charge is 2.76. The molecule has 6 rings (SSSR count). The summed E-state index contributed by atoms with van der Waals surface area (Å²) in [6, 6.07) is 25.3. The van der Waals surface area contributed by atoms with Crippen molar-refractivity contribution in [3.63, 3.8) is 0 Å². The number of carbonyl (C=O) groups excluding carboxylic acids is 3. The third kappa shape index (κ3) is 5.40. The number of hydrogen-bond donors (Lipinski definition) is 3. The summed E-state index contributed by atoms with van der Waals surface area (Å²) in [7, 11) is 0. The first-order chi connectivity index (χ1) is 21.8. The minimum Gasteiger partial charge on any atom is -0.394 e. The molecule has 3 aliphatic heterocycles. The van der Waals surface area contributed by atoms with Crippen molar-refractivity contribution in [3.05, 3.63) is 96.1 Å². The van der Waals surface area contributed by atoms with E-state index in [4.69, 9.17) is 0 Å². The van der Waals surface area contributed by atoms with Crippen molar-refractivity contribution in [2.24, 2.45) is 17.8 Å². The number of thioether (sulfide) groups is 1. The van der Waals surface area contributed by atoms with Gasteiger partial charge in [-0.1, -0.05) is 67.6 Å². The minimum absolute atomic E-state index is 0.0144. The molecule has 3 heterocycles. The van der Waals surface area contributed by atoms with Gasteiger partial charge in [-0.3, -0.25) is 14.4 Å². The Morgan fingerprint density at radius 1 is 0.978 bits per heavy atom. The largest absolute Gasteiger partial charge is 0.394 e. The molecular weight excluding hydrogens is 584 g/mol. The molecule has 9 heteroatoms. The number of fused-ring (bicyclic) bond motifs is 1. The van der Waals surface area contributed by atoms with Gasteiger partial charge in [-0.2, -0.15) is 0 Å². The Morgan fingerprint density at radius 2 is 1.62 bits per heavy atom. The predicted octanol–water partition coefficient (Wildman–Crippen LogP) is 4.86. The van der Waals surface area contributed by atoms with E-state index in [0.29, 0.717) is 12.2 Å². The molecule has 3 saturated heterocycles. The first-order valence-electron chi connectivity index (χ1n) is 16.0. The van der Waals surface area contributed by atoms with Crippen LogP contribution in [0.15, 0.2) is 84.9 Å². The summed E-state index contributed by atoms with van der Waals surface area (Å²) in [6.07, 6.45) is 0.739. The zero-order valence-corrected chi connectivity index (χ0v) is 26.9. The van der Waals surface area contributed by atoms with Crippen LogP contribution in [0.4, 0.5) is 11.4 Å². The molecule has 236 valence electrons. The smallest absolute Gasteiger partial charge is 0.248 e. The Balaban J connectivity index is 1.35. The normalized spacial score (nSPS) is 27.2. The number of benzene rings is 3. The summed E-state index contributed by atoms with van der Waals surface area (Å²) >= 11 is 1.63. The van der Waals surface area contributed by atoms with Crippen LogP contribution in [0.5, 0.6) is 0 Å². The zero-order valence-electron chi connectivity index (χ0n) is 26.1. The average molecular weight is 627 g/mol. The molecule has 2 bridgehead atoms. The van der Waals surface area contributed by atoms with Crippen LogP contribution in [-0.2, 0) is 20.9 Å². The molecule has 3 aromatic rings. The van der Waals surface area contributed by atoms with E-state index in [9.17, 15) is 19.5 Å². The molecule has 3 N–H and O–H groups in total. The number of aliphatic hydroxyl groups is 1. The molecule has 3 amide bonds. The van der Waals surface area contributed by atoms with Gasteiger partial charge in [0.2, 0.25) is 17.7 Å². The number of aliphatic hydroxyl groups excluding tert-OH is 1. The van der Waals surface area contributed by atoms with Crippen molar-refractivity contribution < 1.29 is 19.5 Å². The lowest BCUT2D eigenvalue weighted by atomic mass is 9.66. The second-order valence-electron chi connectivity index (χ2n) is 12.3.